The molecule has 4 heavy (non-hydrogen) atoms. The van der Waals surface area contributed by atoms with Crippen molar-refractivity contribution in [1.29, 1.82) is 0 Å². The smallest absolute Gasteiger partial charge is 0.113 e. The minimum Gasteiger partial charge on any atom is -0.113 e. The van der Waals surface area contributed by atoms with E-state index in [0.29, 0.717) is 0 Å². The standard InChI is InChI=1S/C3H7.Al/c1-3-2;/h3H,1-2H3;. The quantitative estimate of drug-likeness (QED) is 0.373. The van der Waals surface area contributed by atoms with Gasteiger partial charge in [-0.05, 0) is 0 Å². The van der Waals surface area contributed by atoms with Gasteiger partial charge in [0.05, 0.1) is 0 Å². The van der Waals surface area contributed by atoms with Crippen molar-refractivity contribution in [3.63, 3.8) is 0 Å². The second-order valence-electron chi connectivity index (χ2n) is 1.24. The van der Waals surface area contributed by atoms with Crippen molar-refractivity contribution >= 4 is 16.3 Å². The first-order valence-corrected chi connectivity index (χ1v) is 2.15. The average Bonchev–Trinajstić information content (AvgIpc) is 0.811. The zero-order valence-electron chi connectivity index (χ0n) is 3.15. The maximum absolute atomic E-state index is 2.66. The van der Waals surface area contributed by atoms with Crippen molar-refractivity contribution in [2.75, 3.05) is 0 Å². The van der Waals surface area contributed by atoms with Gasteiger partial charge in [0, 0.05) is 0 Å². The number of hydrogen-bond donors (Lipinski definition) is 0. The highest BCUT2D eigenvalue weighted by Crippen LogP contribution is 1.84. The molecule has 0 aliphatic heterocycles. The Bertz CT molecular complexity index is 8.00. The van der Waals surface area contributed by atoms with Crippen molar-refractivity contribution in [1.82, 2.24) is 0 Å². The summed E-state index contributed by atoms with van der Waals surface area (Å²) in [7, 11) is 0. The Kier molecular flexibility index (Phi) is 2.06. The lowest BCUT2D eigenvalue weighted by atomic mass is 10.6. The Hall–Kier alpha value is 0.532. The third-order valence-electron chi connectivity index (χ3n) is 0. The molecule has 1 heteroatoms. The van der Waals surface area contributed by atoms with Gasteiger partial charge in [0.25, 0.3) is 0 Å². The van der Waals surface area contributed by atoms with Gasteiger partial charge in [0.1, 0.15) is 16.3 Å². The van der Waals surface area contributed by atoms with E-state index >= 15 is 0 Å². The van der Waals surface area contributed by atoms with E-state index in [1.165, 1.54) is 0 Å². The maximum atomic E-state index is 2.66. The summed E-state index contributed by atoms with van der Waals surface area (Å²) in [4.78, 5) is 0. The SMILES string of the molecule is C[CH](C)[Al]. The molecule has 0 aliphatic carbocycles. The monoisotopic (exact) mass is 70.0 g/mol. The van der Waals surface area contributed by atoms with Crippen LogP contribution in [0.25, 0.3) is 0 Å². The van der Waals surface area contributed by atoms with Gasteiger partial charge in [0.2, 0.25) is 0 Å². The maximum Gasteiger partial charge on any atom is 0.122 e. The van der Waals surface area contributed by atoms with Crippen LogP contribution in [-0.4, -0.2) is 16.3 Å². The highest BCUT2D eigenvalue weighted by Gasteiger charge is 1.68. The van der Waals surface area contributed by atoms with Crippen LogP contribution in [0.2, 0.25) is 4.78 Å². The molecule has 0 bridgehead atoms. The molecule has 0 unspecified atom stereocenters. The van der Waals surface area contributed by atoms with Gasteiger partial charge in [-0.25, -0.2) is 0 Å². The Morgan fingerprint density at radius 2 is 1.50 bits per heavy atom. The van der Waals surface area contributed by atoms with Gasteiger partial charge < -0.3 is 0 Å². The highest BCUT2D eigenvalue weighted by atomic mass is 27.0. The van der Waals surface area contributed by atoms with Crippen LogP contribution in [0, 0.1) is 0 Å². The Labute approximate surface area is 35.6 Å². The summed E-state index contributed by atoms with van der Waals surface area (Å²) in [6, 6.07) is 0. The lowest BCUT2D eigenvalue weighted by Crippen LogP contribution is -1.67. The molecule has 22 valence electrons. The zero-order chi connectivity index (χ0) is 3.58. The van der Waals surface area contributed by atoms with E-state index in [4.69, 9.17) is 0 Å². The van der Waals surface area contributed by atoms with Crippen LogP contribution in [0.1, 0.15) is 13.8 Å². The fraction of sp³-hybridized carbons (Fsp3) is 1.00. The molecule has 0 amide bonds. The molecule has 2 radical (unpaired) electrons. The van der Waals surface area contributed by atoms with Crippen molar-refractivity contribution < 1.29 is 0 Å². The van der Waals surface area contributed by atoms with E-state index in [1.54, 1.807) is 0 Å². The molecular formula is C3H7Al. The summed E-state index contributed by atoms with van der Waals surface area (Å²) < 4.78 is 0.750. The summed E-state index contributed by atoms with van der Waals surface area (Å²) >= 11 is 2.66. The molecule has 0 atom stereocenters. The lowest BCUT2D eigenvalue weighted by Gasteiger charge is -1.80. The summed E-state index contributed by atoms with van der Waals surface area (Å²) in [5, 5.41) is 0. The predicted molar refractivity (Wildman–Crippen MR) is 20.9 cm³/mol. The molecule has 0 nitrogen and oxygen atoms in total. The number of rotatable bonds is 0. The average molecular weight is 70.1 g/mol. The van der Waals surface area contributed by atoms with Crippen LogP contribution in [0.5, 0.6) is 0 Å². The van der Waals surface area contributed by atoms with Gasteiger partial charge in [-0.15, -0.1) is 4.78 Å². The van der Waals surface area contributed by atoms with E-state index in [2.05, 4.69) is 30.1 Å². The molecule has 0 aromatic rings. The highest BCUT2D eigenvalue weighted by molar-refractivity contribution is 6.10. The van der Waals surface area contributed by atoms with Gasteiger partial charge >= 0.3 is 0 Å². The summed E-state index contributed by atoms with van der Waals surface area (Å²) in [6.07, 6.45) is 0. The molecular weight excluding hydrogens is 63.0 g/mol. The van der Waals surface area contributed by atoms with Crippen molar-refractivity contribution in [3.8, 4) is 0 Å². The van der Waals surface area contributed by atoms with Crippen LogP contribution in [0.15, 0.2) is 0 Å². The fourth-order valence-electron chi connectivity index (χ4n) is 0. The fourth-order valence-corrected chi connectivity index (χ4v) is 0. The van der Waals surface area contributed by atoms with E-state index in [-0.39, 0.29) is 0 Å². The first-order valence-electron chi connectivity index (χ1n) is 1.49. The van der Waals surface area contributed by atoms with E-state index in [1.807, 2.05) is 0 Å². The third-order valence-corrected chi connectivity index (χ3v) is 0. The van der Waals surface area contributed by atoms with Crippen LogP contribution >= 0.6 is 0 Å². The summed E-state index contributed by atoms with van der Waals surface area (Å²) in [6.45, 7) is 4.26. The molecule has 0 aromatic carbocycles. The first-order chi connectivity index (χ1) is 1.73. The van der Waals surface area contributed by atoms with Crippen LogP contribution in [0.3, 0.4) is 0 Å². The molecule has 0 fully saturated rings. The molecule has 0 N–H and O–H groups in total. The predicted octanol–water partition coefficient (Wildman–Crippen LogP) is 0.983. The van der Waals surface area contributed by atoms with Gasteiger partial charge in [-0.1, -0.05) is 13.8 Å². The van der Waals surface area contributed by atoms with E-state index < -0.39 is 0 Å². The molecule has 0 saturated heterocycles. The van der Waals surface area contributed by atoms with E-state index in [9.17, 15) is 0 Å². The zero-order valence-corrected chi connectivity index (χ0v) is 4.31. The van der Waals surface area contributed by atoms with Crippen molar-refractivity contribution in [2.45, 2.75) is 18.6 Å². The van der Waals surface area contributed by atoms with Crippen molar-refractivity contribution in [2.24, 2.45) is 0 Å². The van der Waals surface area contributed by atoms with Gasteiger partial charge in [0.15, 0.2) is 0 Å². The van der Waals surface area contributed by atoms with Crippen LogP contribution in [0.4, 0.5) is 0 Å². The Morgan fingerprint density at radius 3 is 1.50 bits per heavy atom. The largest absolute Gasteiger partial charge is 0.122 e. The summed E-state index contributed by atoms with van der Waals surface area (Å²) in [5.74, 6) is 0. The van der Waals surface area contributed by atoms with Crippen LogP contribution in [-0.2, 0) is 0 Å². The molecule has 0 heterocycles. The first kappa shape index (κ1) is 4.53. The molecule has 0 saturated carbocycles. The molecule has 0 spiro atoms. The third kappa shape index (κ3) is 21.0. The normalized spacial score (nSPS) is 8.75. The summed E-state index contributed by atoms with van der Waals surface area (Å²) in [5.41, 5.74) is 0. The second-order valence-corrected chi connectivity index (χ2v) is 2.58. The Morgan fingerprint density at radius 1 is 1.50 bits per heavy atom. The van der Waals surface area contributed by atoms with Gasteiger partial charge in [-0.2, -0.15) is 0 Å². The minimum absolute atomic E-state index is 0.750. The Balaban J connectivity index is 2.32. The molecule has 0 aromatic heterocycles. The van der Waals surface area contributed by atoms with Crippen molar-refractivity contribution in [3.05, 3.63) is 0 Å². The molecule has 0 rings (SSSR count). The van der Waals surface area contributed by atoms with Crippen LogP contribution < -0.4 is 0 Å². The van der Waals surface area contributed by atoms with E-state index in [0.717, 1.165) is 4.78 Å². The second kappa shape index (κ2) is 1.82. The topological polar surface area (TPSA) is 0 Å². The number of hydrogen-bond acceptors (Lipinski definition) is 0. The van der Waals surface area contributed by atoms with Gasteiger partial charge in [-0.3, -0.25) is 0 Å². The minimum atomic E-state index is 0.750. The lowest BCUT2D eigenvalue weighted by molar-refractivity contribution is 1.08. The molecule has 0 aliphatic rings.